The molecule has 2 aromatic heterocycles. The van der Waals surface area contributed by atoms with E-state index in [4.69, 9.17) is 33.9 Å². The van der Waals surface area contributed by atoms with Crippen molar-refractivity contribution >= 4 is 56.9 Å². The molecule has 1 amide bonds. The van der Waals surface area contributed by atoms with E-state index in [0.717, 1.165) is 92.7 Å². The summed E-state index contributed by atoms with van der Waals surface area (Å²) in [5.74, 6) is -1.03. The molecule has 0 saturated carbocycles. The lowest BCUT2D eigenvalue weighted by Gasteiger charge is -2.32. The van der Waals surface area contributed by atoms with Crippen LogP contribution in [0.25, 0.3) is 44.3 Å². The summed E-state index contributed by atoms with van der Waals surface area (Å²) < 4.78 is 0. The Bertz CT molecular complexity index is 2890. The van der Waals surface area contributed by atoms with Crippen molar-refractivity contribution in [3.8, 4) is 22.5 Å². The quantitative estimate of drug-likeness (QED) is 0.131. The van der Waals surface area contributed by atoms with Crippen LogP contribution >= 0.6 is 23.2 Å². The van der Waals surface area contributed by atoms with E-state index >= 15 is 0 Å². The number of carbonyl (C=O) groups excluding carboxylic acids is 1. The normalized spacial score (nSPS) is 14.7. The highest BCUT2D eigenvalue weighted by Gasteiger charge is 2.23. The van der Waals surface area contributed by atoms with Gasteiger partial charge < -0.3 is 16.2 Å². The summed E-state index contributed by atoms with van der Waals surface area (Å²) in [6.45, 7) is 6.28. The fourth-order valence-electron chi connectivity index (χ4n) is 8.57. The molecule has 11 heteroatoms. The molecule has 9 nitrogen and oxygen atoms in total. The molecule has 2 aliphatic rings. The molecular formula is C56H54Cl2N6O3. The van der Waals surface area contributed by atoms with Gasteiger partial charge in [0, 0.05) is 70.2 Å². The molecule has 6 aromatic carbocycles. The molecule has 340 valence electrons. The van der Waals surface area contributed by atoms with Gasteiger partial charge in [0.05, 0.1) is 33.5 Å². The Labute approximate surface area is 402 Å². The Morgan fingerprint density at radius 3 is 1.40 bits per heavy atom. The highest BCUT2D eigenvalue weighted by atomic mass is 35.5. The first-order valence-corrected chi connectivity index (χ1v) is 23.5. The number of carboxylic acids is 1. The average Bonchev–Trinajstić information content (AvgIpc) is 3.36. The zero-order valence-electron chi connectivity index (χ0n) is 37.3. The van der Waals surface area contributed by atoms with Gasteiger partial charge in [0.25, 0.3) is 5.91 Å². The Kier molecular flexibility index (Phi) is 16.0. The van der Waals surface area contributed by atoms with Crippen molar-refractivity contribution in [1.29, 1.82) is 0 Å². The van der Waals surface area contributed by atoms with Crippen LogP contribution in [0, 0.1) is 0 Å². The number of carboxylic acid groups (broad SMARTS) is 1. The van der Waals surface area contributed by atoms with Crippen LogP contribution in [0.1, 0.15) is 57.5 Å². The molecule has 0 spiro atoms. The van der Waals surface area contributed by atoms with Gasteiger partial charge in [-0.25, -0.2) is 14.8 Å². The van der Waals surface area contributed by atoms with Crippen LogP contribution in [-0.4, -0.2) is 75.0 Å². The predicted octanol–water partition coefficient (Wildman–Crippen LogP) is 11.8. The number of aromatic carboxylic acids is 1. The molecular weight excluding hydrogens is 876 g/mol. The van der Waals surface area contributed by atoms with Crippen molar-refractivity contribution in [2.24, 2.45) is 5.73 Å². The zero-order valence-corrected chi connectivity index (χ0v) is 38.8. The van der Waals surface area contributed by atoms with Crippen LogP contribution in [0.15, 0.2) is 170 Å². The third-order valence-electron chi connectivity index (χ3n) is 12.2. The number of hydrogen-bond acceptors (Lipinski definition) is 7. The molecule has 2 aliphatic heterocycles. The summed E-state index contributed by atoms with van der Waals surface area (Å²) in [6.07, 6.45) is 4.18. The second-order valence-corrected chi connectivity index (χ2v) is 18.0. The molecule has 8 aromatic rings. The van der Waals surface area contributed by atoms with E-state index in [-0.39, 0.29) is 17.5 Å². The lowest BCUT2D eigenvalue weighted by Crippen LogP contribution is -2.44. The van der Waals surface area contributed by atoms with Gasteiger partial charge in [-0.3, -0.25) is 14.6 Å². The standard InChI is InChI=1S/C28H26ClN3O.C16H10ClNO2.C12H18N2/c29-22-11-12-24-25(18-26(31-27(24)17-22)21-9-5-2-6-10-21)28(33)30-23-13-15-32(16-14-23)19-20-7-3-1-4-8-20;17-11-6-7-12-13(16(19)20)9-14(18-15(12)8-11)10-4-2-1-3-5-10;13-12-6-8-14(9-7-12)10-11-4-2-1-3-5-11/h1-12,17-18,23H,13-16,19H2,(H,30,33);1-9H,(H,19,20);1-5,12H,6-10,13H2. The number of rotatable bonds is 9. The fraction of sp³-hybridized carbons (Fsp3) is 0.214. The highest BCUT2D eigenvalue weighted by molar-refractivity contribution is 6.31. The van der Waals surface area contributed by atoms with Gasteiger partial charge in [0.15, 0.2) is 0 Å². The van der Waals surface area contributed by atoms with Crippen LogP contribution in [0.4, 0.5) is 0 Å². The third kappa shape index (κ3) is 12.9. The molecule has 0 unspecified atom stereocenters. The Hall–Kier alpha value is -6.46. The second kappa shape index (κ2) is 22.8. The number of nitrogens with zero attached hydrogens (tertiary/aromatic N) is 4. The molecule has 0 bridgehead atoms. The molecule has 67 heavy (non-hydrogen) atoms. The summed E-state index contributed by atoms with van der Waals surface area (Å²) in [6, 6.07) is 55.2. The molecule has 2 fully saturated rings. The summed E-state index contributed by atoms with van der Waals surface area (Å²) >= 11 is 12.2. The minimum atomic E-state index is -0.975. The monoisotopic (exact) mass is 928 g/mol. The lowest BCUT2D eigenvalue weighted by atomic mass is 10.0. The number of nitrogens with one attached hydrogen (secondary N) is 1. The third-order valence-corrected chi connectivity index (χ3v) is 12.7. The SMILES string of the molecule is NC1CCN(Cc2ccccc2)CC1.O=C(NC1CCN(Cc2ccccc2)CC1)c1cc(-c2ccccc2)nc2cc(Cl)ccc12.O=C(O)c1cc(-c2ccccc2)nc2cc(Cl)ccc12. The van der Waals surface area contributed by atoms with Crippen molar-refractivity contribution in [2.75, 3.05) is 26.2 Å². The van der Waals surface area contributed by atoms with E-state index in [9.17, 15) is 14.7 Å². The van der Waals surface area contributed by atoms with E-state index in [1.807, 2.05) is 91.0 Å². The Balaban J connectivity index is 0.000000151. The largest absolute Gasteiger partial charge is 0.478 e. The molecule has 4 heterocycles. The van der Waals surface area contributed by atoms with Crippen molar-refractivity contribution in [3.63, 3.8) is 0 Å². The van der Waals surface area contributed by atoms with E-state index < -0.39 is 5.97 Å². The number of aromatic nitrogens is 2. The molecule has 10 rings (SSSR count). The van der Waals surface area contributed by atoms with Gasteiger partial charge in [0.2, 0.25) is 0 Å². The lowest BCUT2D eigenvalue weighted by molar-refractivity contribution is 0.0698. The van der Waals surface area contributed by atoms with Gasteiger partial charge in [-0.15, -0.1) is 0 Å². The number of benzene rings is 6. The predicted molar refractivity (Wildman–Crippen MR) is 272 cm³/mol. The number of hydrogen-bond donors (Lipinski definition) is 3. The number of likely N-dealkylation sites (tertiary alicyclic amines) is 2. The van der Waals surface area contributed by atoms with Crippen molar-refractivity contribution in [1.82, 2.24) is 25.1 Å². The summed E-state index contributed by atoms with van der Waals surface area (Å²) in [5, 5.41) is 15.2. The van der Waals surface area contributed by atoms with E-state index in [2.05, 4.69) is 74.7 Å². The van der Waals surface area contributed by atoms with Gasteiger partial charge in [-0.1, -0.05) is 157 Å². The number of carbonyl (C=O) groups is 2. The Morgan fingerprint density at radius 2 is 0.955 bits per heavy atom. The number of piperidine rings is 2. The van der Waals surface area contributed by atoms with Crippen LogP contribution in [0.2, 0.25) is 10.0 Å². The zero-order chi connectivity index (χ0) is 46.5. The molecule has 0 atom stereocenters. The molecule has 0 aliphatic carbocycles. The van der Waals surface area contributed by atoms with Gasteiger partial charge in [-0.2, -0.15) is 0 Å². The summed E-state index contributed by atoms with van der Waals surface area (Å²) in [7, 11) is 0. The smallest absolute Gasteiger partial charge is 0.336 e. The van der Waals surface area contributed by atoms with Gasteiger partial charge in [-0.05, 0) is 86.3 Å². The average molecular weight is 930 g/mol. The van der Waals surface area contributed by atoms with E-state index in [0.29, 0.717) is 38.2 Å². The molecule has 0 radical (unpaired) electrons. The number of nitrogens with two attached hydrogens (primary N) is 1. The molecule has 4 N–H and O–H groups in total. The minimum Gasteiger partial charge on any atom is -0.478 e. The van der Waals surface area contributed by atoms with Gasteiger partial charge >= 0.3 is 5.97 Å². The summed E-state index contributed by atoms with van der Waals surface area (Å²) in [5.41, 5.74) is 14.0. The number of fused-ring (bicyclic) bond motifs is 2. The highest BCUT2D eigenvalue weighted by Crippen LogP contribution is 2.29. The van der Waals surface area contributed by atoms with Gasteiger partial charge in [0.1, 0.15) is 0 Å². The minimum absolute atomic E-state index is 0.0524. The maximum absolute atomic E-state index is 13.4. The topological polar surface area (TPSA) is 125 Å². The first kappa shape index (κ1) is 47.0. The first-order chi connectivity index (χ1) is 32.6. The summed E-state index contributed by atoms with van der Waals surface area (Å²) in [4.78, 5) is 39.0. The van der Waals surface area contributed by atoms with Crippen molar-refractivity contribution in [3.05, 3.63) is 202 Å². The van der Waals surface area contributed by atoms with E-state index in [1.165, 1.54) is 11.1 Å². The van der Waals surface area contributed by atoms with Crippen LogP contribution in [-0.2, 0) is 13.1 Å². The maximum Gasteiger partial charge on any atom is 0.336 e. The molecule has 2 saturated heterocycles. The Morgan fingerprint density at radius 1 is 0.552 bits per heavy atom. The van der Waals surface area contributed by atoms with E-state index in [1.54, 1.807) is 24.3 Å². The number of pyridine rings is 2. The second-order valence-electron chi connectivity index (χ2n) is 17.1. The fourth-order valence-corrected chi connectivity index (χ4v) is 8.91. The number of halogens is 2. The van der Waals surface area contributed by atoms with Crippen LogP contribution in [0.3, 0.4) is 0 Å². The van der Waals surface area contributed by atoms with Crippen molar-refractivity contribution < 1.29 is 14.7 Å². The number of amides is 1. The van der Waals surface area contributed by atoms with Crippen LogP contribution < -0.4 is 11.1 Å². The first-order valence-electron chi connectivity index (χ1n) is 22.8. The van der Waals surface area contributed by atoms with Crippen molar-refractivity contribution in [2.45, 2.75) is 50.9 Å². The van der Waals surface area contributed by atoms with Crippen LogP contribution in [0.5, 0.6) is 0 Å². The maximum atomic E-state index is 13.4.